The summed E-state index contributed by atoms with van der Waals surface area (Å²) in [6.45, 7) is 5.63. The molecule has 2 fully saturated rings. The van der Waals surface area contributed by atoms with Gasteiger partial charge in [-0.05, 0) is 43.9 Å². The molecule has 0 aromatic carbocycles. The summed E-state index contributed by atoms with van der Waals surface area (Å²) in [6, 6.07) is 0.766. The van der Waals surface area contributed by atoms with Gasteiger partial charge in [-0.3, -0.25) is 0 Å². The topological polar surface area (TPSA) is 32.3 Å². The predicted molar refractivity (Wildman–Crippen MR) is 62.7 cm³/mol. The van der Waals surface area contributed by atoms with E-state index in [0.29, 0.717) is 6.61 Å². The molecule has 0 aromatic heterocycles. The molecule has 2 rings (SSSR count). The van der Waals surface area contributed by atoms with Crippen LogP contribution in [-0.4, -0.2) is 24.3 Å². The van der Waals surface area contributed by atoms with E-state index in [1.165, 1.54) is 25.7 Å². The fourth-order valence-electron chi connectivity index (χ4n) is 2.29. The summed E-state index contributed by atoms with van der Waals surface area (Å²) in [7, 11) is 0. The Labute approximate surface area is 93.5 Å². The van der Waals surface area contributed by atoms with Crippen LogP contribution in [-0.2, 0) is 0 Å². The van der Waals surface area contributed by atoms with Gasteiger partial charge in [-0.2, -0.15) is 0 Å². The first-order valence-corrected chi connectivity index (χ1v) is 6.53. The number of aliphatic hydroxyl groups excluding tert-OH is 1. The van der Waals surface area contributed by atoms with Gasteiger partial charge in [0.2, 0.25) is 0 Å². The van der Waals surface area contributed by atoms with E-state index < -0.39 is 0 Å². The van der Waals surface area contributed by atoms with Crippen molar-refractivity contribution in [1.29, 1.82) is 0 Å². The highest BCUT2D eigenvalue weighted by atomic mass is 16.3. The normalized spacial score (nSPS) is 25.6. The number of aliphatic hydroxyl groups is 1. The quantitative estimate of drug-likeness (QED) is 0.676. The van der Waals surface area contributed by atoms with Gasteiger partial charge in [0, 0.05) is 24.6 Å². The van der Waals surface area contributed by atoms with Crippen LogP contribution in [0.1, 0.15) is 46.0 Å². The molecule has 0 heterocycles. The molecule has 2 aliphatic rings. The first kappa shape index (κ1) is 11.4. The van der Waals surface area contributed by atoms with Crippen LogP contribution >= 0.6 is 0 Å². The summed E-state index contributed by atoms with van der Waals surface area (Å²) in [5, 5.41) is 13.1. The zero-order chi connectivity index (χ0) is 10.9. The van der Waals surface area contributed by atoms with Crippen molar-refractivity contribution in [3.8, 4) is 0 Å². The Hall–Kier alpha value is -0.0800. The summed E-state index contributed by atoms with van der Waals surface area (Å²) in [4.78, 5) is 0. The number of rotatable bonds is 7. The summed E-state index contributed by atoms with van der Waals surface area (Å²) in [5.41, 5.74) is 0.0853. The zero-order valence-corrected chi connectivity index (χ0v) is 10.1. The monoisotopic (exact) mass is 211 g/mol. The molecule has 1 atom stereocenters. The van der Waals surface area contributed by atoms with Crippen LogP contribution in [0.5, 0.6) is 0 Å². The third-order valence-corrected chi connectivity index (χ3v) is 4.26. The Bertz CT molecular complexity index is 193. The molecule has 0 saturated heterocycles. The number of hydrogen-bond acceptors (Lipinski definition) is 2. The van der Waals surface area contributed by atoms with E-state index in [1.54, 1.807) is 0 Å². The first-order chi connectivity index (χ1) is 7.18. The van der Waals surface area contributed by atoms with Crippen molar-refractivity contribution < 1.29 is 5.11 Å². The molecule has 88 valence electrons. The molecule has 0 spiro atoms. The van der Waals surface area contributed by atoms with E-state index in [9.17, 15) is 5.11 Å². The van der Waals surface area contributed by atoms with Gasteiger partial charge in [0.25, 0.3) is 0 Å². The summed E-state index contributed by atoms with van der Waals surface area (Å²) < 4.78 is 0. The van der Waals surface area contributed by atoms with Gasteiger partial charge >= 0.3 is 0 Å². The molecule has 2 saturated carbocycles. The van der Waals surface area contributed by atoms with Gasteiger partial charge in [-0.25, -0.2) is 0 Å². The van der Waals surface area contributed by atoms with Crippen molar-refractivity contribution in [3.63, 3.8) is 0 Å². The van der Waals surface area contributed by atoms with Crippen molar-refractivity contribution >= 4 is 0 Å². The van der Waals surface area contributed by atoms with E-state index in [0.717, 1.165) is 30.8 Å². The maximum Gasteiger partial charge on any atom is 0.0496 e. The SMILES string of the molecule is CCC(C)(CO)CNC(C1CC1)C1CC1. The van der Waals surface area contributed by atoms with Crippen molar-refractivity contribution in [2.45, 2.75) is 52.0 Å². The Morgan fingerprint density at radius 3 is 2.13 bits per heavy atom. The minimum absolute atomic E-state index is 0.0853. The fourth-order valence-corrected chi connectivity index (χ4v) is 2.29. The minimum Gasteiger partial charge on any atom is -0.396 e. The average Bonchev–Trinajstić information content (AvgIpc) is 3.10. The molecule has 15 heavy (non-hydrogen) atoms. The molecule has 0 bridgehead atoms. The molecular formula is C13H25NO. The van der Waals surface area contributed by atoms with E-state index in [-0.39, 0.29) is 5.41 Å². The fraction of sp³-hybridized carbons (Fsp3) is 1.00. The molecule has 0 amide bonds. The molecule has 0 aromatic rings. The van der Waals surface area contributed by atoms with Gasteiger partial charge in [0.15, 0.2) is 0 Å². The molecule has 0 radical (unpaired) electrons. The second-order valence-electron chi connectivity index (χ2n) is 5.90. The molecular weight excluding hydrogens is 186 g/mol. The third-order valence-electron chi connectivity index (χ3n) is 4.26. The van der Waals surface area contributed by atoms with Crippen LogP contribution < -0.4 is 5.32 Å². The smallest absolute Gasteiger partial charge is 0.0496 e. The van der Waals surface area contributed by atoms with Crippen LogP contribution in [0, 0.1) is 17.3 Å². The number of nitrogens with one attached hydrogen (secondary N) is 1. The van der Waals surface area contributed by atoms with Crippen molar-refractivity contribution in [3.05, 3.63) is 0 Å². The Kier molecular flexibility index (Phi) is 3.36. The van der Waals surface area contributed by atoms with Crippen LogP contribution in [0.4, 0.5) is 0 Å². The zero-order valence-electron chi connectivity index (χ0n) is 10.1. The molecule has 1 unspecified atom stereocenters. The van der Waals surface area contributed by atoms with Crippen LogP contribution in [0.15, 0.2) is 0 Å². The standard InChI is InChI=1S/C13H25NO/c1-3-13(2,9-15)8-14-12(10-4-5-10)11-6-7-11/h10-12,14-15H,3-9H2,1-2H3. The molecule has 2 N–H and O–H groups in total. The third kappa shape index (κ3) is 2.94. The van der Waals surface area contributed by atoms with E-state index in [2.05, 4.69) is 19.2 Å². The van der Waals surface area contributed by atoms with Crippen LogP contribution in [0.2, 0.25) is 0 Å². The highest BCUT2D eigenvalue weighted by Crippen LogP contribution is 2.44. The van der Waals surface area contributed by atoms with Crippen molar-refractivity contribution in [2.24, 2.45) is 17.3 Å². The lowest BCUT2D eigenvalue weighted by molar-refractivity contribution is 0.129. The van der Waals surface area contributed by atoms with E-state index >= 15 is 0 Å². The first-order valence-electron chi connectivity index (χ1n) is 6.53. The summed E-state index contributed by atoms with van der Waals surface area (Å²) >= 11 is 0. The van der Waals surface area contributed by atoms with Gasteiger partial charge in [-0.15, -0.1) is 0 Å². The maximum absolute atomic E-state index is 9.37. The van der Waals surface area contributed by atoms with Crippen LogP contribution in [0.3, 0.4) is 0 Å². The molecule has 2 aliphatic carbocycles. The Balaban J connectivity index is 1.79. The minimum atomic E-state index is 0.0853. The lowest BCUT2D eigenvalue weighted by atomic mass is 9.88. The average molecular weight is 211 g/mol. The summed E-state index contributed by atoms with van der Waals surface area (Å²) in [6.07, 6.45) is 6.76. The lowest BCUT2D eigenvalue weighted by Crippen LogP contribution is -2.42. The van der Waals surface area contributed by atoms with Gasteiger partial charge in [-0.1, -0.05) is 13.8 Å². The molecule has 2 nitrogen and oxygen atoms in total. The van der Waals surface area contributed by atoms with Crippen molar-refractivity contribution in [1.82, 2.24) is 5.32 Å². The van der Waals surface area contributed by atoms with E-state index in [1.807, 2.05) is 0 Å². The largest absolute Gasteiger partial charge is 0.396 e. The van der Waals surface area contributed by atoms with Gasteiger partial charge in [0.1, 0.15) is 0 Å². The van der Waals surface area contributed by atoms with Crippen LogP contribution in [0.25, 0.3) is 0 Å². The molecule has 2 heteroatoms. The second-order valence-corrected chi connectivity index (χ2v) is 5.90. The Morgan fingerprint density at radius 1 is 1.27 bits per heavy atom. The second kappa shape index (κ2) is 4.42. The molecule has 0 aliphatic heterocycles. The predicted octanol–water partition coefficient (Wildman–Crippen LogP) is 2.17. The van der Waals surface area contributed by atoms with Crippen molar-refractivity contribution in [2.75, 3.05) is 13.2 Å². The maximum atomic E-state index is 9.37. The lowest BCUT2D eigenvalue weighted by Gasteiger charge is -2.29. The highest BCUT2D eigenvalue weighted by molar-refractivity contribution is 4.97. The summed E-state index contributed by atoms with van der Waals surface area (Å²) in [5.74, 6) is 1.91. The van der Waals surface area contributed by atoms with E-state index in [4.69, 9.17) is 0 Å². The highest BCUT2D eigenvalue weighted by Gasteiger charge is 2.41. The van der Waals surface area contributed by atoms with Gasteiger partial charge in [0.05, 0.1) is 0 Å². The van der Waals surface area contributed by atoms with Gasteiger partial charge < -0.3 is 10.4 Å². The number of hydrogen-bond donors (Lipinski definition) is 2. The Morgan fingerprint density at radius 2 is 1.80 bits per heavy atom.